The number of methoxy groups -OCH3 is 1. The molecule has 1 aliphatic heterocycles. The van der Waals surface area contributed by atoms with E-state index >= 15 is 0 Å². The fourth-order valence-corrected chi connectivity index (χ4v) is 2.66. The van der Waals surface area contributed by atoms with Crippen LogP contribution in [-0.4, -0.2) is 50.7 Å². The van der Waals surface area contributed by atoms with Crippen LogP contribution in [0, 0.1) is 5.92 Å². The van der Waals surface area contributed by atoms with E-state index in [1.807, 2.05) is 7.05 Å². The van der Waals surface area contributed by atoms with Crippen LogP contribution in [0.4, 0.5) is 0 Å². The number of rotatable bonds is 6. The Morgan fingerprint density at radius 3 is 2.82 bits per heavy atom. The third-order valence-corrected chi connectivity index (χ3v) is 3.58. The smallest absolute Gasteiger partial charge is 0.306 e. The Kier molecular flexibility index (Phi) is 6.52. The van der Waals surface area contributed by atoms with E-state index in [4.69, 9.17) is 0 Å². The second-order valence-electron chi connectivity index (χ2n) is 4.96. The lowest BCUT2D eigenvalue weighted by atomic mass is 9.90. The van der Waals surface area contributed by atoms with Crippen LogP contribution in [0.3, 0.4) is 0 Å². The quantitative estimate of drug-likeness (QED) is 0.712. The SMILES string of the molecule is CCCC1CC(NC)CN(CCC(=O)OC)C1. The molecule has 2 unspecified atom stereocenters. The van der Waals surface area contributed by atoms with Gasteiger partial charge in [0.1, 0.15) is 0 Å². The Balaban J connectivity index is 2.39. The van der Waals surface area contributed by atoms with Crippen molar-refractivity contribution < 1.29 is 9.53 Å². The molecule has 4 heteroatoms. The molecule has 0 spiro atoms. The third kappa shape index (κ3) is 5.04. The topological polar surface area (TPSA) is 41.6 Å². The lowest BCUT2D eigenvalue weighted by Crippen LogP contribution is -2.48. The van der Waals surface area contributed by atoms with E-state index in [1.165, 1.54) is 26.4 Å². The van der Waals surface area contributed by atoms with E-state index < -0.39 is 0 Å². The molecule has 1 aliphatic rings. The number of hydrogen-bond acceptors (Lipinski definition) is 4. The molecule has 1 rings (SSSR count). The highest BCUT2D eigenvalue weighted by Crippen LogP contribution is 2.21. The number of esters is 1. The van der Waals surface area contributed by atoms with Crippen LogP contribution in [0.1, 0.15) is 32.6 Å². The van der Waals surface area contributed by atoms with Crippen molar-refractivity contribution in [2.45, 2.75) is 38.6 Å². The molecule has 0 bridgehead atoms. The summed E-state index contributed by atoms with van der Waals surface area (Å²) < 4.78 is 4.69. The first-order chi connectivity index (χ1) is 8.19. The fourth-order valence-electron chi connectivity index (χ4n) is 2.66. The molecule has 100 valence electrons. The van der Waals surface area contributed by atoms with Gasteiger partial charge in [0, 0.05) is 25.7 Å². The zero-order chi connectivity index (χ0) is 12.7. The van der Waals surface area contributed by atoms with Crippen molar-refractivity contribution >= 4 is 5.97 Å². The first-order valence-electron chi connectivity index (χ1n) is 6.66. The van der Waals surface area contributed by atoms with E-state index in [1.54, 1.807) is 0 Å². The van der Waals surface area contributed by atoms with Crippen LogP contribution in [0.2, 0.25) is 0 Å². The van der Waals surface area contributed by atoms with Gasteiger partial charge in [-0.2, -0.15) is 0 Å². The van der Waals surface area contributed by atoms with Gasteiger partial charge in [-0.15, -0.1) is 0 Å². The van der Waals surface area contributed by atoms with Crippen LogP contribution in [0.5, 0.6) is 0 Å². The van der Waals surface area contributed by atoms with Gasteiger partial charge in [0.15, 0.2) is 0 Å². The largest absolute Gasteiger partial charge is 0.469 e. The van der Waals surface area contributed by atoms with Gasteiger partial charge in [0.05, 0.1) is 13.5 Å². The van der Waals surface area contributed by atoms with Crippen molar-refractivity contribution in [1.29, 1.82) is 0 Å². The number of carbonyl (C=O) groups excluding carboxylic acids is 1. The molecule has 1 heterocycles. The van der Waals surface area contributed by atoms with Gasteiger partial charge >= 0.3 is 5.97 Å². The molecule has 1 N–H and O–H groups in total. The maximum atomic E-state index is 11.1. The third-order valence-electron chi connectivity index (χ3n) is 3.58. The molecule has 0 aromatic carbocycles. The van der Waals surface area contributed by atoms with Gasteiger partial charge in [0.25, 0.3) is 0 Å². The number of likely N-dealkylation sites (tertiary alicyclic amines) is 1. The minimum absolute atomic E-state index is 0.108. The van der Waals surface area contributed by atoms with Crippen LogP contribution in [-0.2, 0) is 9.53 Å². The normalized spacial score (nSPS) is 25.8. The van der Waals surface area contributed by atoms with Crippen molar-refractivity contribution in [2.24, 2.45) is 5.92 Å². The molecule has 1 fully saturated rings. The molecule has 2 atom stereocenters. The summed E-state index contributed by atoms with van der Waals surface area (Å²) in [7, 11) is 3.48. The highest BCUT2D eigenvalue weighted by molar-refractivity contribution is 5.69. The van der Waals surface area contributed by atoms with Gasteiger partial charge < -0.3 is 15.0 Å². The standard InChI is InChI=1S/C13H26N2O2/c1-4-5-11-8-12(14-2)10-15(9-11)7-6-13(16)17-3/h11-12,14H,4-10H2,1-3H3. The van der Waals surface area contributed by atoms with Crippen LogP contribution in [0.25, 0.3) is 0 Å². The number of carbonyl (C=O) groups is 1. The van der Waals surface area contributed by atoms with Crippen LogP contribution >= 0.6 is 0 Å². The maximum Gasteiger partial charge on any atom is 0.306 e. The molecule has 0 aromatic heterocycles. The molecule has 0 radical (unpaired) electrons. The molecule has 1 saturated heterocycles. The summed E-state index contributed by atoms with van der Waals surface area (Å²) in [4.78, 5) is 13.5. The molecular weight excluding hydrogens is 216 g/mol. The van der Waals surface area contributed by atoms with E-state index in [0.717, 1.165) is 25.6 Å². The summed E-state index contributed by atoms with van der Waals surface area (Å²) in [6.07, 6.45) is 4.30. The second-order valence-corrected chi connectivity index (χ2v) is 4.96. The van der Waals surface area contributed by atoms with Gasteiger partial charge in [-0.1, -0.05) is 13.3 Å². The number of piperidine rings is 1. The van der Waals surface area contributed by atoms with Crippen molar-refractivity contribution in [3.8, 4) is 0 Å². The van der Waals surface area contributed by atoms with Crippen LogP contribution in [0.15, 0.2) is 0 Å². The zero-order valence-corrected chi connectivity index (χ0v) is 11.4. The van der Waals surface area contributed by atoms with Gasteiger partial charge in [-0.3, -0.25) is 4.79 Å². The number of nitrogens with zero attached hydrogens (tertiary/aromatic N) is 1. The molecule has 17 heavy (non-hydrogen) atoms. The summed E-state index contributed by atoms with van der Waals surface area (Å²) in [5.41, 5.74) is 0. The molecular formula is C13H26N2O2. The average molecular weight is 242 g/mol. The Labute approximate surface area is 105 Å². The Bertz CT molecular complexity index is 233. The Morgan fingerprint density at radius 1 is 1.47 bits per heavy atom. The van der Waals surface area contributed by atoms with E-state index in [9.17, 15) is 4.79 Å². The van der Waals surface area contributed by atoms with Crippen molar-refractivity contribution in [3.05, 3.63) is 0 Å². The molecule has 0 saturated carbocycles. The maximum absolute atomic E-state index is 11.1. The molecule has 0 aliphatic carbocycles. The number of nitrogens with one attached hydrogen (secondary N) is 1. The summed E-state index contributed by atoms with van der Waals surface area (Å²) in [5.74, 6) is 0.660. The summed E-state index contributed by atoms with van der Waals surface area (Å²) in [6, 6.07) is 0.568. The summed E-state index contributed by atoms with van der Waals surface area (Å²) in [5, 5.41) is 3.37. The Morgan fingerprint density at radius 2 is 2.24 bits per heavy atom. The second kappa shape index (κ2) is 7.67. The molecule has 4 nitrogen and oxygen atoms in total. The predicted octanol–water partition coefficient (Wildman–Crippen LogP) is 1.26. The van der Waals surface area contributed by atoms with Crippen LogP contribution < -0.4 is 5.32 Å². The minimum Gasteiger partial charge on any atom is -0.469 e. The highest BCUT2D eigenvalue weighted by atomic mass is 16.5. The molecule has 0 amide bonds. The average Bonchev–Trinajstić information content (AvgIpc) is 2.36. The Hall–Kier alpha value is -0.610. The monoisotopic (exact) mass is 242 g/mol. The molecule has 0 aromatic rings. The minimum atomic E-state index is -0.108. The first-order valence-corrected chi connectivity index (χ1v) is 6.66. The van der Waals surface area contributed by atoms with Gasteiger partial charge in [0.2, 0.25) is 0 Å². The number of ether oxygens (including phenoxy) is 1. The summed E-state index contributed by atoms with van der Waals surface area (Å²) >= 11 is 0. The number of likely N-dealkylation sites (N-methyl/N-ethyl adjacent to an activating group) is 1. The highest BCUT2D eigenvalue weighted by Gasteiger charge is 2.25. The van der Waals surface area contributed by atoms with Crippen molar-refractivity contribution in [3.63, 3.8) is 0 Å². The first kappa shape index (κ1) is 14.5. The lowest BCUT2D eigenvalue weighted by Gasteiger charge is -2.37. The lowest BCUT2D eigenvalue weighted by molar-refractivity contribution is -0.141. The van der Waals surface area contributed by atoms with Crippen molar-refractivity contribution in [1.82, 2.24) is 10.2 Å². The van der Waals surface area contributed by atoms with Crippen molar-refractivity contribution in [2.75, 3.05) is 33.8 Å². The van der Waals surface area contributed by atoms with E-state index in [-0.39, 0.29) is 5.97 Å². The van der Waals surface area contributed by atoms with Gasteiger partial charge in [-0.25, -0.2) is 0 Å². The van der Waals surface area contributed by atoms with Gasteiger partial charge in [-0.05, 0) is 25.8 Å². The van der Waals surface area contributed by atoms with E-state index in [0.29, 0.717) is 12.5 Å². The fraction of sp³-hybridized carbons (Fsp3) is 0.923. The predicted molar refractivity (Wildman–Crippen MR) is 68.9 cm³/mol. The zero-order valence-electron chi connectivity index (χ0n) is 11.4. The number of hydrogen-bond donors (Lipinski definition) is 1. The summed E-state index contributed by atoms with van der Waals surface area (Å²) in [6.45, 7) is 5.24. The van der Waals surface area contributed by atoms with E-state index in [2.05, 4.69) is 21.9 Å².